The van der Waals surface area contributed by atoms with Crippen LogP contribution in [-0.2, 0) is 0 Å². The third-order valence-corrected chi connectivity index (χ3v) is 3.10. The van der Waals surface area contributed by atoms with Crippen molar-refractivity contribution in [1.29, 1.82) is 0 Å². The lowest BCUT2D eigenvalue weighted by Gasteiger charge is -2.06. The first-order valence-corrected chi connectivity index (χ1v) is 7.21. The van der Waals surface area contributed by atoms with Crippen LogP contribution in [0.4, 0.5) is 0 Å². The maximum absolute atomic E-state index is 4.11. The Balaban J connectivity index is 4.98. The number of allylic oxidation sites excluding steroid dienone is 10. The van der Waals surface area contributed by atoms with Crippen molar-refractivity contribution in [3.05, 3.63) is 70.9 Å². The summed E-state index contributed by atoms with van der Waals surface area (Å²) in [5.74, 6) is 0.578. The molecule has 0 heterocycles. The summed E-state index contributed by atoms with van der Waals surface area (Å²) >= 11 is 0. The zero-order chi connectivity index (χ0) is 15.9. The second kappa shape index (κ2) is 8.58. The van der Waals surface area contributed by atoms with E-state index in [0.717, 1.165) is 11.1 Å². The van der Waals surface area contributed by atoms with Gasteiger partial charge in [0.2, 0.25) is 0 Å². The van der Waals surface area contributed by atoms with E-state index in [-0.39, 0.29) is 0 Å². The van der Waals surface area contributed by atoms with E-state index in [0.29, 0.717) is 5.92 Å². The van der Waals surface area contributed by atoms with E-state index in [1.54, 1.807) is 0 Å². The molecule has 20 heavy (non-hydrogen) atoms. The lowest BCUT2D eigenvalue weighted by atomic mass is 10.00. The fraction of sp³-hybridized carbons (Fsp3) is 0.400. The van der Waals surface area contributed by atoms with E-state index in [1.807, 2.05) is 0 Å². The minimum Gasteiger partial charge on any atom is -0.0912 e. The third kappa shape index (κ3) is 7.78. The van der Waals surface area contributed by atoms with Crippen molar-refractivity contribution in [3.63, 3.8) is 0 Å². The molecule has 0 aliphatic carbocycles. The first-order valence-electron chi connectivity index (χ1n) is 7.21. The van der Waals surface area contributed by atoms with Gasteiger partial charge in [-0.1, -0.05) is 73.6 Å². The fourth-order valence-corrected chi connectivity index (χ4v) is 1.80. The van der Waals surface area contributed by atoms with Gasteiger partial charge in [0.1, 0.15) is 0 Å². The lowest BCUT2D eigenvalue weighted by molar-refractivity contribution is 0.768. The summed E-state index contributed by atoms with van der Waals surface area (Å²) in [6, 6.07) is 0. The summed E-state index contributed by atoms with van der Waals surface area (Å²) < 4.78 is 0. The van der Waals surface area contributed by atoms with Crippen LogP contribution in [0.1, 0.15) is 48.5 Å². The normalized spacial score (nSPS) is 13.5. The largest absolute Gasteiger partial charge is 0.0912 e. The molecule has 0 unspecified atom stereocenters. The average Bonchev–Trinajstić information content (AvgIpc) is 2.26. The first kappa shape index (κ1) is 18.4. The molecule has 0 aromatic heterocycles. The van der Waals surface area contributed by atoms with Crippen molar-refractivity contribution in [3.8, 4) is 0 Å². The van der Waals surface area contributed by atoms with Crippen LogP contribution in [0.2, 0.25) is 0 Å². The summed E-state index contributed by atoms with van der Waals surface area (Å²) in [5, 5.41) is 0. The van der Waals surface area contributed by atoms with E-state index < -0.39 is 0 Å². The molecule has 0 N–H and O–H groups in total. The molecule has 0 amide bonds. The molecular formula is C20H30. The van der Waals surface area contributed by atoms with Gasteiger partial charge in [-0.3, -0.25) is 0 Å². The molecular weight excluding hydrogens is 240 g/mol. The fourth-order valence-electron chi connectivity index (χ4n) is 1.80. The third-order valence-electron chi connectivity index (χ3n) is 3.10. The maximum Gasteiger partial charge on any atom is -0.0259 e. The Bertz CT molecular complexity index is 484. The van der Waals surface area contributed by atoms with Crippen LogP contribution in [0.5, 0.6) is 0 Å². The Hall–Kier alpha value is -1.56. The van der Waals surface area contributed by atoms with Gasteiger partial charge in [-0.05, 0) is 51.7 Å². The Morgan fingerprint density at radius 2 is 1.10 bits per heavy atom. The smallest absolute Gasteiger partial charge is 0.0259 e. The minimum absolute atomic E-state index is 0.578. The van der Waals surface area contributed by atoms with Gasteiger partial charge >= 0.3 is 0 Å². The van der Waals surface area contributed by atoms with E-state index in [4.69, 9.17) is 0 Å². The summed E-state index contributed by atoms with van der Waals surface area (Å²) in [6.07, 6.45) is 8.55. The van der Waals surface area contributed by atoms with Crippen molar-refractivity contribution in [2.24, 2.45) is 5.92 Å². The predicted molar refractivity (Wildman–Crippen MR) is 93.8 cm³/mol. The summed E-state index contributed by atoms with van der Waals surface area (Å²) in [5.41, 5.74) is 7.03. The highest BCUT2D eigenvalue weighted by atomic mass is 14.0. The van der Waals surface area contributed by atoms with E-state index >= 15 is 0 Å². The monoisotopic (exact) mass is 270 g/mol. The topological polar surface area (TPSA) is 0 Å². The van der Waals surface area contributed by atoms with Crippen molar-refractivity contribution < 1.29 is 0 Å². The summed E-state index contributed by atoms with van der Waals surface area (Å²) in [4.78, 5) is 0. The molecule has 0 rings (SSSR count). The summed E-state index contributed by atoms with van der Waals surface area (Å²) in [6.45, 7) is 23.2. The molecule has 0 atom stereocenters. The van der Waals surface area contributed by atoms with Crippen LogP contribution < -0.4 is 0 Å². The molecule has 0 aromatic carbocycles. The van der Waals surface area contributed by atoms with Crippen LogP contribution in [-0.4, -0.2) is 0 Å². The van der Waals surface area contributed by atoms with Crippen molar-refractivity contribution in [1.82, 2.24) is 0 Å². The average molecular weight is 270 g/mol. The Kier molecular flexibility index (Phi) is 7.91. The first-order chi connectivity index (χ1) is 9.13. The number of hydrogen-bond acceptors (Lipinski definition) is 0. The lowest BCUT2D eigenvalue weighted by Crippen LogP contribution is -1.89. The molecule has 0 aliphatic rings. The Morgan fingerprint density at radius 1 is 0.700 bits per heavy atom. The van der Waals surface area contributed by atoms with Gasteiger partial charge < -0.3 is 0 Å². The Morgan fingerprint density at radius 3 is 1.45 bits per heavy atom. The highest BCUT2D eigenvalue weighted by Crippen LogP contribution is 2.17. The van der Waals surface area contributed by atoms with E-state index in [2.05, 4.69) is 85.9 Å². The van der Waals surface area contributed by atoms with Crippen LogP contribution >= 0.6 is 0 Å². The molecule has 0 heteroatoms. The molecule has 0 spiro atoms. The predicted octanol–water partition coefficient (Wildman–Crippen LogP) is 6.56. The number of hydrogen-bond donors (Lipinski definition) is 0. The van der Waals surface area contributed by atoms with Gasteiger partial charge in [-0.15, -0.1) is 0 Å². The van der Waals surface area contributed by atoms with E-state index in [9.17, 15) is 0 Å². The van der Waals surface area contributed by atoms with Crippen LogP contribution in [0, 0.1) is 5.92 Å². The maximum atomic E-state index is 4.11. The van der Waals surface area contributed by atoms with Gasteiger partial charge in [0, 0.05) is 0 Å². The Labute approximate surface area is 126 Å². The molecule has 0 radical (unpaired) electrons. The van der Waals surface area contributed by atoms with Gasteiger partial charge in [0.05, 0.1) is 0 Å². The highest BCUT2D eigenvalue weighted by Gasteiger charge is 1.98. The zero-order valence-corrected chi connectivity index (χ0v) is 14.3. The molecule has 110 valence electrons. The molecule has 0 aliphatic heterocycles. The van der Waals surface area contributed by atoms with Crippen LogP contribution in [0.15, 0.2) is 70.9 Å². The standard InChI is InChI=1S/C20H30/c1-14(2)10-16(5)12-19(8)20(9)13-17(6)11-18(7)15(3)4/h10-13,15H,8-9H2,1-7H3/b16-12-,17-13-,18-11+. The molecule has 0 aromatic rings. The van der Waals surface area contributed by atoms with Gasteiger partial charge in [0.25, 0.3) is 0 Å². The van der Waals surface area contributed by atoms with Gasteiger partial charge in [0.15, 0.2) is 0 Å². The summed E-state index contributed by atoms with van der Waals surface area (Å²) in [7, 11) is 0. The van der Waals surface area contributed by atoms with Gasteiger partial charge in [-0.25, -0.2) is 0 Å². The van der Waals surface area contributed by atoms with Crippen molar-refractivity contribution in [2.45, 2.75) is 48.5 Å². The quantitative estimate of drug-likeness (QED) is 0.479. The van der Waals surface area contributed by atoms with Crippen LogP contribution in [0.3, 0.4) is 0 Å². The second-order valence-corrected chi connectivity index (χ2v) is 6.09. The zero-order valence-electron chi connectivity index (χ0n) is 14.3. The van der Waals surface area contributed by atoms with Crippen molar-refractivity contribution >= 4 is 0 Å². The molecule has 0 saturated heterocycles. The van der Waals surface area contributed by atoms with E-state index in [1.165, 1.54) is 22.3 Å². The second-order valence-electron chi connectivity index (χ2n) is 6.09. The van der Waals surface area contributed by atoms with Crippen LogP contribution in [0.25, 0.3) is 0 Å². The highest BCUT2D eigenvalue weighted by molar-refractivity contribution is 5.47. The molecule has 0 nitrogen and oxygen atoms in total. The van der Waals surface area contributed by atoms with Crippen molar-refractivity contribution in [2.75, 3.05) is 0 Å². The van der Waals surface area contributed by atoms with Gasteiger partial charge in [-0.2, -0.15) is 0 Å². The SMILES string of the molecule is C=C(/C=C(/C)C=C(C)C)C(=C)/C=C(C)\C=C(/C)C(C)C. The number of rotatable bonds is 6. The molecule has 0 saturated carbocycles. The molecule has 0 fully saturated rings. The minimum atomic E-state index is 0.578. The molecule has 0 bridgehead atoms.